The fourth-order valence-electron chi connectivity index (χ4n) is 0.877. The third-order valence-electron chi connectivity index (χ3n) is 1.49. The molecule has 0 unspecified atom stereocenters. The van der Waals surface area contributed by atoms with E-state index in [1.165, 1.54) is 6.07 Å². The van der Waals surface area contributed by atoms with Crippen LogP contribution in [0.5, 0.6) is 0 Å². The number of carbonyl (C=O) groups excluding carboxylic acids is 1. The van der Waals surface area contributed by atoms with Crippen LogP contribution in [0.3, 0.4) is 0 Å². The summed E-state index contributed by atoms with van der Waals surface area (Å²) in [5.41, 5.74) is 0.141. The molecule has 70 valence electrons. The molecule has 0 aliphatic carbocycles. The zero-order valence-corrected chi connectivity index (χ0v) is 7.64. The zero-order chi connectivity index (χ0) is 10.1. The van der Waals surface area contributed by atoms with Gasteiger partial charge in [-0.05, 0) is 18.2 Å². The van der Waals surface area contributed by atoms with Gasteiger partial charge in [-0.1, -0.05) is 0 Å². The summed E-state index contributed by atoms with van der Waals surface area (Å²) in [4.78, 5) is 9.83. The highest BCUT2D eigenvalue weighted by atomic mass is 32.2. The first-order valence-electron chi connectivity index (χ1n) is 3.40. The Balaban J connectivity index is 3.44. The van der Waals surface area contributed by atoms with Crippen molar-refractivity contribution >= 4 is 16.1 Å². The topological polar surface area (TPSA) is 51.2 Å². The molecule has 1 rings (SSSR count). The van der Waals surface area contributed by atoms with Gasteiger partial charge in [-0.15, -0.1) is 0 Å². The van der Waals surface area contributed by atoms with Crippen LogP contribution in [0, 0.1) is 5.82 Å². The van der Waals surface area contributed by atoms with Crippen LogP contribution in [0.2, 0.25) is 0 Å². The Bertz CT molecular complexity index is 437. The second-order valence-corrected chi connectivity index (χ2v) is 4.56. The molecule has 0 N–H and O–H groups in total. The van der Waals surface area contributed by atoms with Crippen molar-refractivity contribution in [1.29, 1.82) is 0 Å². The number of carbonyl (C=O) groups is 1. The van der Waals surface area contributed by atoms with Gasteiger partial charge in [0.2, 0.25) is 0 Å². The second-order valence-electron chi connectivity index (χ2n) is 2.58. The number of rotatable bonds is 2. The normalized spacial score (nSPS) is 11.2. The van der Waals surface area contributed by atoms with Crippen molar-refractivity contribution in [3.63, 3.8) is 0 Å². The summed E-state index contributed by atoms with van der Waals surface area (Å²) in [5.74, 6) is -0.840. The second kappa shape index (κ2) is 3.26. The van der Waals surface area contributed by atoms with Crippen LogP contribution >= 0.6 is 0 Å². The summed E-state index contributed by atoms with van der Waals surface area (Å²) in [6.45, 7) is 0. The summed E-state index contributed by atoms with van der Waals surface area (Å²) >= 11 is 0. The van der Waals surface area contributed by atoms with E-state index < -0.39 is 20.5 Å². The molecule has 0 fully saturated rings. The van der Waals surface area contributed by atoms with Crippen molar-refractivity contribution in [3.05, 3.63) is 29.6 Å². The third kappa shape index (κ3) is 2.12. The quantitative estimate of drug-likeness (QED) is 0.673. The standard InChI is InChI=1S/C8H7FO3S/c1-13(11,12)8-4-6(5-10)2-3-7(8)9/h2-5H,1H3. The van der Waals surface area contributed by atoms with E-state index in [0.717, 1.165) is 18.4 Å². The zero-order valence-electron chi connectivity index (χ0n) is 6.82. The average Bonchev–Trinajstić information content (AvgIpc) is 2.03. The molecular formula is C8H7FO3S. The maximum absolute atomic E-state index is 12.9. The van der Waals surface area contributed by atoms with Gasteiger partial charge in [0.05, 0.1) is 0 Å². The number of sulfone groups is 1. The Morgan fingerprint density at radius 2 is 2.00 bits per heavy atom. The molecule has 1 aromatic rings. The third-order valence-corrected chi connectivity index (χ3v) is 2.60. The van der Waals surface area contributed by atoms with Gasteiger partial charge in [0.25, 0.3) is 0 Å². The molecule has 0 aliphatic rings. The number of halogens is 1. The Morgan fingerprint density at radius 3 is 2.46 bits per heavy atom. The first-order chi connectivity index (χ1) is 5.95. The minimum Gasteiger partial charge on any atom is -0.298 e. The Morgan fingerprint density at radius 1 is 1.38 bits per heavy atom. The Hall–Kier alpha value is -1.23. The summed E-state index contributed by atoms with van der Waals surface area (Å²) in [5, 5.41) is 0. The summed E-state index contributed by atoms with van der Waals surface area (Å²) < 4.78 is 34.8. The lowest BCUT2D eigenvalue weighted by Gasteiger charge is -2.00. The summed E-state index contributed by atoms with van der Waals surface area (Å²) in [6.07, 6.45) is 1.36. The Kier molecular flexibility index (Phi) is 2.47. The van der Waals surface area contributed by atoms with Crippen molar-refractivity contribution < 1.29 is 17.6 Å². The minimum absolute atomic E-state index is 0.141. The molecule has 0 saturated carbocycles. The van der Waals surface area contributed by atoms with Crippen molar-refractivity contribution in [3.8, 4) is 0 Å². The van der Waals surface area contributed by atoms with E-state index in [1.54, 1.807) is 0 Å². The monoisotopic (exact) mass is 202 g/mol. The van der Waals surface area contributed by atoms with E-state index in [2.05, 4.69) is 0 Å². The molecule has 0 atom stereocenters. The SMILES string of the molecule is CS(=O)(=O)c1cc(C=O)ccc1F. The Labute approximate surface area is 75.1 Å². The van der Waals surface area contributed by atoms with Crippen LogP contribution in [0.15, 0.2) is 23.1 Å². The van der Waals surface area contributed by atoms with Crippen molar-refractivity contribution in [1.82, 2.24) is 0 Å². The van der Waals surface area contributed by atoms with Gasteiger partial charge < -0.3 is 0 Å². The molecule has 0 amide bonds. The molecule has 5 heteroatoms. The molecular weight excluding hydrogens is 195 g/mol. The van der Waals surface area contributed by atoms with Gasteiger partial charge in [0.1, 0.15) is 17.0 Å². The van der Waals surface area contributed by atoms with Crippen molar-refractivity contribution in [2.45, 2.75) is 4.90 Å². The lowest BCUT2D eigenvalue weighted by molar-refractivity contribution is 0.112. The van der Waals surface area contributed by atoms with Crippen molar-refractivity contribution in [2.75, 3.05) is 6.26 Å². The van der Waals surface area contributed by atoms with Crippen LogP contribution < -0.4 is 0 Å². The van der Waals surface area contributed by atoms with Crippen LogP contribution in [0.1, 0.15) is 10.4 Å². The molecule has 13 heavy (non-hydrogen) atoms. The molecule has 3 nitrogen and oxygen atoms in total. The maximum Gasteiger partial charge on any atom is 0.178 e. The lowest BCUT2D eigenvalue weighted by Crippen LogP contribution is -2.01. The highest BCUT2D eigenvalue weighted by Gasteiger charge is 2.13. The van der Waals surface area contributed by atoms with Gasteiger partial charge in [-0.2, -0.15) is 0 Å². The van der Waals surface area contributed by atoms with Crippen LogP contribution in [-0.2, 0) is 9.84 Å². The van der Waals surface area contributed by atoms with E-state index in [9.17, 15) is 17.6 Å². The number of benzene rings is 1. The number of hydrogen-bond acceptors (Lipinski definition) is 3. The number of aldehydes is 1. The molecule has 0 spiro atoms. The van der Waals surface area contributed by atoms with Gasteiger partial charge in [0, 0.05) is 11.8 Å². The van der Waals surface area contributed by atoms with E-state index in [4.69, 9.17) is 0 Å². The minimum atomic E-state index is -3.60. The van der Waals surface area contributed by atoms with Crippen molar-refractivity contribution in [2.24, 2.45) is 0 Å². The summed E-state index contributed by atoms with van der Waals surface area (Å²) in [7, 11) is -3.60. The van der Waals surface area contributed by atoms with E-state index in [-0.39, 0.29) is 5.56 Å². The molecule has 0 radical (unpaired) electrons. The predicted octanol–water partition coefficient (Wildman–Crippen LogP) is 1.04. The van der Waals surface area contributed by atoms with Crippen LogP contribution in [-0.4, -0.2) is 21.0 Å². The number of hydrogen-bond donors (Lipinski definition) is 0. The lowest BCUT2D eigenvalue weighted by atomic mass is 10.2. The van der Waals surface area contributed by atoms with E-state index in [1.807, 2.05) is 0 Å². The molecule has 0 heterocycles. The fraction of sp³-hybridized carbons (Fsp3) is 0.125. The largest absolute Gasteiger partial charge is 0.298 e. The smallest absolute Gasteiger partial charge is 0.178 e. The van der Waals surface area contributed by atoms with E-state index in [0.29, 0.717) is 6.29 Å². The molecule has 0 aromatic heterocycles. The highest BCUT2D eigenvalue weighted by Crippen LogP contribution is 2.14. The highest BCUT2D eigenvalue weighted by molar-refractivity contribution is 7.90. The predicted molar refractivity (Wildman–Crippen MR) is 44.9 cm³/mol. The van der Waals surface area contributed by atoms with E-state index >= 15 is 0 Å². The average molecular weight is 202 g/mol. The maximum atomic E-state index is 12.9. The van der Waals surface area contributed by atoms with Crippen LogP contribution in [0.25, 0.3) is 0 Å². The molecule has 0 aliphatic heterocycles. The van der Waals surface area contributed by atoms with Gasteiger partial charge in [-0.3, -0.25) is 4.79 Å². The van der Waals surface area contributed by atoms with Gasteiger partial charge >= 0.3 is 0 Å². The summed E-state index contributed by atoms with van der Waals surface area (Å²) in [6, 6.07) is 3.19. The molecule has 0 bridgehead atoms. The first kappa shape index (κ1) is 9.85. The van der Waals surface area contributed by atoms with Gasteiger partial charge in [-0.25, -0.2) is 12.8 Å². The first-order valence-corrected chi connectivity index (χ1v) is 5.29. The molecule has 0 saturated heterocycles. The molecule has 1 aromatic carbocycles. The fourth-order valence-corrected chi connectivity index (χ4v) is 1.65. The van der Waals surface area contributed by atoms with Crippen LogP contribution in [0.4, 0.5) is 4.39 Å². The van der Waals surface area contributed by atoms with Gasteiger partial charge in [0.15, 0.2) is 9.84 Å².